The Bertz CT molecular complexity index is 784. The zero-order valence-corrected chi connectivity index (χ0v) is 20.6. The van der Waals surface area contributed by atoms with Gasteiger partial charge in [0.2, 0.25) is 11.6 Å². The van der Waals surface area contributed by atoms with Crippen molar-refractivity contribution in [2.24, 2.45) is 0 Å². The van der Waals surface area contributed by atoms with Crippen molar-refractivity contribution in [2.75, 3.05) is 7.11 Å². The second kappa shape index (κ2) is 8.56. The highest BCUT2D eigenvalue weighted by atomic mass is 127. The van der Waals surface area contributed by atoms with E-state index in [1.54, 1.807) is 0 Å². The number of hydrogen-bond acceptors (Lipinski definition) is 9. The van der Waals surface area contributed by atoms with Gasteiger partial charge in [-0.05, 0) is 51.9 Å². The molecular weight excluding hydrogens is 559 g/mol. The molecule has 0 amide bonds. The molecule has 6 aliphatic heterocycles. The molecule has 32 heavy (non-hydrogen) atoms. The first kappa shape index (κ1) is 23.7. The molecule has 0 aromatic heterocycles. The molecule has 0 aliphatic carbocycles. The highest BCUT2D eigenvalue weighted by Crippen LogP contribution is 2.57. The molecule has 6 heterocycles. The largest absolute Gasteiger partial charge is 0.469 e. The lowest BCUT2D eigenvalue weighted by molar-refractivity contribution is -0.305. The van der Waals surface area contributed by atoms with Gasteiger partial charge in [0.15, 0.2) is 6.10 Å². The lowest BCUT2D eigenvalue weighted by Crippen LogP contribution is -2.63. The second-order valence-corrected chi connectivity index (χ2v) is 11.4. The van der Waals surface area contributed by atoms with Crippen molar-refractivity contribution in [2.45, 2.75) is 104 Å². The van der Waals surface area contributed by atoms with E-state index in [1.165, 1.54) is 7.11 Å². The van der Waals surface area contributed by atoms with E-state index < -0.39 is 48.2 Å². The van der Waals surface area contributed by atoms with E-state index in [0.29, 0.717) is 25.7 Å². The third-order valence-electron chi connectivity index (χ3n) is 7.16. The summed E-state index contributed by atoms with van der Waals surface area (Å²) in [4.78, 5) is 11.8. The molecule has 6 aliphatic rings. The molecule has 6 fully saturated rings. The zero-order valence-electron chi connectivity index (χ0n) is 17.7. The van der Waals surface area contributed by atoms with E-state index in [-0.39, 0.29) is 36.4 Å². The minimum Gasteiger partial charge on any atom is -0.469 e. The van der Waals surface area contributed by atoms with Crippen LogP contribution in [-0.4, -0.2) is 89.1 Å². The van der Waals surface area contributed by atoms with Crippen LogP contribution in [0.2, 0.25) is 0 Å². The van der Waals surface area contributed by atoms with Crippen molar-refractivity contribution in [3.63, 3.8) is 0 Å². The third-order valence-corrected chi connectivity index (χ3v) is 7.98. The van der Waals surface area contributed by atoms with Crippen molar-refractivity contribution in [3.05, 3.63) is 10.2 Å². The summed E-state index contributed by atoms with van der Waals surface area (Å²) in [6.45, 7) is 3.88. The second-order valence-electron chi connectivity index (χ2n) is 9.25. The van der Waals surface area contributed by atoms with Gasteiger partial charge in [0.1, 0.15) is 30.5 Å². The van der Waals surface area contributed by atoms with Crippen LogP contribution in [0.5, 0.6) is 0 Å². The molecule has 9 nitrogen and oxygen atoms in total. The summed E-state index contributed by atoms with van der Waals surface area (Å²) >= 11 is 8.59. The van der Waals surface area contributed by atoms with Crippen LogP contribution in [0.4, 0.5) is 0 Å². The molecule has 0 aromatic carbocycles. The highest BCUT2D eigenvalue weighted by Gasteiger charge is 2.78. The topological polar surface area (TPSA) is 113 Å². The van der Waals surface area contributed by atoms with Crippen LogP contribution >= 0.6 is 34.2 Å². The number of aliphatic hydroxyl groups excluding tert-OH is 1. The van der Waals surface area contributed by atoms with Gasteiger partial charge in [-0.15, -0.1) is 11.6 Å². The highest BCUT2D eigenvalue weighted by molar-refractivity contribution is 14.1. The SMILES string of the molecule is C=C(I)C[C@H](Cl)CC[C@]12O[C@@H]3C4O[C@@](O)(C1O)[C@@H](O2)C4OC1CC[C@H](CC(=O)OC)O[C@@H]13. The Morgan fingerprint density at radius 2 is 1.97 bits per heavy atom. The van der Waals surface area contributed by atoms with Crippen LogP contribution in [-0.2, 0) is 33.2 Å². The molecule has 4 unspecified atom stereocenters. The Morgan fingerprint density at radius 3 is 2.69 bits per heavy atom. The van der Waals surface area contributed by atoms with Crippen LogP contribution in [0.3, 0.4) is 0 Å². The first-order valence-electron chi connectivity index (χ1n) is 11.0. The van der Waals surface area contributed by atoms with Gasteiger partial charge >= 0.3 is 5.97 Å². The predicted octanol–water partition coefficient (Wildman–Crippen LogP) is 1.53. The lowest BCUT2D eigenvalue weighted by Gasteiger charge is -2.47. The average molecular weight is 587 g/mol. The minimum atomic E-state index is -1.93. The Kier molecular flexibility index (Phi) is 6.33. The van der Waals surface area contributed by atoms with Gasteiger partial charge in [-0.25, -0.2) is 0 Å². The smallest absolute Gasteiger partial charge is 0.308 e. The van der Waals surface area contributed by atoms with Gasteiger partial charge in [-0.2, -0.15) is 0 Å². The number of ether oxygens (including phenoxy) is 6. The van der Waals surface area contributed by atoms with Gasteiger partial charge < -0.3 is 38.6 Å². The molecule has 11 heteroatoms. The van der Waals surface area contributed by atoms with Crippen LogP contribution in [0.15, 0.2) is 10.2 Å². The zero-order chi connectivity index (χ0) is 22.8. The fourth-order valence-electron chi connectivity index (χ4n) is 5.67. The molecule has 0 spiro atoms. The van der Waals surface area contributed by atoms with Crippen LogP contribution in [0, 0.1) is 0 Å². The number of allylic oxidation sites excluding steroid dienone is 1. The predicted molar refractivity (Wildman–Crippen MR) is 118 cm³/mol. The van der Waals surface area contributed by atoms with E-state index in [2.05, 4.69) is 29.2 Å². The van der Waals surface area contributed by atoms with Gasteiger partial charge in [-0.1, -0.05) is 6.58 Å². The third kappa shape index (κ3) is 3.74. The molecule has 11 atom stereocenters. The van der Waals surface area contributed by atoms with E-state index in [1.807, 2.05) is 0 Å². The van der Waals surface area contributed by atoms with Crippen LogP contribution < -0.4 is 0 Å². The summed E-state index contributed by atoms with van der Waals surface area (Å²) in [5, 5.41) is 22.1. The summed E-state index contributed by atoms with van der Waals surface area (Å²) < 4.78 is 36.7. The number of fused-ring (bicyclic) bond motifs is 1. The molecule has 0 saturated carbocycles. The lowest BCUT2D eigenvalue weighted by atomic mass is 9.86. The Hall–Kier alpha value is -0.0500. The minimum absolute atomic E-state index is 0.131. The standard InChI is InChI=1S/C21H28ClIO9/c1-9(23)7-10(22)5-6-20-19(25)21(26)18(32-20)17-16(31-21)15(30-20)14-12(29-17)4-3-11(28-14)8-13(24)27-2/h10-12,14-19,25-26H,1,3-8H2,2H3/t10-,11-,12?,14+,15+,16?,17?,18+,19?,20-,21-/m1/s1. The number of aliphatic hydroxyl groups is 2. The molecular formula is C21H28ClIO9. The van der Waals surface area contributed by atoms with E-state index >= 15 is 0 Å². The number of hydrogen-bond donors (Lipinski definition) is 2. The first-order valence-corrected chi connectivity index (χ1v) is 12.5. The van der Waals surface area contributed by atoms with Crippen molar-refractivity contribution in [1.29, 1.82) is 0 Å². The van der Waals surface area contributed by atoms with Crippen molar-refractivity contribution in [3.8, 4) is 0 Å². The molecule has 6 bridgehead atoms. The number of rotatable bonds is 7. The summed E-state index contributed by atoms with van der Waals surface area (Å²) in [7, 11) is 1.34. The van der Waals surface area contributed by atoms with Crippen LogP contribution in [0.25, 0.3) is 0 Å². The fourth-order valence-corrected chi connectivity index (χ4v) is 6.76. The fraction of sp³-hybridized carbons (Fsp3) is 0.857. The van der Waals surface area contributed by atoms with Crippen LogP contribution in [0.1, 0.15) is 38.5 Å². The van der Waals surface area contributed by atoms with Gasteiger partial charge in [-0.3, -0.25) is 4.79 Å². The maximum atomic E-state index is 11.8. The van der Waals surface area contributed by atoms with E-state index in [9.17, 15) is 15.0 Å². The number of methoxy groups -OCH3 is 1. The maximum Gasteiger partial charge on any atom is 0.308 e. The van der Waals surface area contributed by atoms with Crippen molar-refractivity contribution < 1.29 is 43.4 Å². The number of esters is 1. The van der Waals surface area contributed by atoms with Crippen molar-refractivity contribution in [1.82, 2.24) is 0 Å². The van der Waals surface area contributed by atoms with E-state index in [4.69, 9.17) is 40.0 Å². The van der Waals surface area contributed by atoms with Crippen molar-refractivity contribution >= 4 is 40.2 Å². The number of carbonyl (C=O) groups excluding carboxylic acids is 1. The molecule has 6 saturated heterocycles. The maximum absolute atomic E-state index is 11.8. The quantitative estimate of drug-likeness (QED) is 0.261. The number of halogens is 2. The molecule has 2 N–H and O–H groups in total. The summed E-state index contributed by atoms with van der Waals surface area (Å²) in [6, 6.07) is 0. The summed E-state index contributed by atoms with van der Waals surface area (Å²) in [6.07, 6.45) is -2.58. The van der Waals surface area contributed by atoms with E-state index in [0.717, 1.165) is 3.58 Å². The number of carbonyl (C=O) groups is 1. The molecule has 6 rings (SSSR count). The molecule has 0 radical (unpaired) electrons. The Labute approximate surface area is 204 Å². The normalized spacial score (nSPS) is 49.4. The summed E-state index contributed by atoms with van der Waals surface area (Å²) in [5.74, 6) is -3.78. The first-order chi connectivity index (χ1) is 15.2. The molecule has 180 valence electrons. The van der Waals surface area contributed by atoms with Gasteiger partial charge in [0.05, 0.1) is 25.7 Å². The monoisotopic (exact) mass is 586 g/mol. The van der Waals surface area contributed by atoms with Gasteiger partial charge in [0, 0.05) is 11.8 Å². The number of alkyl halides is 1. The van der Waals surface area contributed by atoms with Gasteiger partial charge in [0.25, 0.3) is 0 Å². The molecule has 0 aromatic rings. The average Bonchev–Trinajstić information content (AvgIpc) is 3.05. The Balaban J connectivity index is 1.39. The summed E-state index contributed by atoms with van der Waals surface area (Å²) in [5.41, 5.74) is 0. The Morgan fingerprint density at radius 1 is 1.22 bits per heavy atom.